The highest BCUT2D eigenvalue weighted by atomic mass is 16.5. The van der Waals surface area contributed by atoms with E-state index in [9.17, 15) is 0 Å². The van der Waals surface area contributed by atoms with Crippen molar-refractivity contribution in [2.45, 2.75) is 46.6 Å². The molecule has 176 valence electrons. The Hall–Kier alpha value is -3.11. The first-order valence-corrected chi connectivity index (χ1v) is 12.7. The average molecular weight is 455 g/mol. The molecule has 0 unspecified atom stereocenters. The molecular weight excluding hydrogens is 420 g/mol. The molecule has 0 spiro atoms. The fraction of sp³-hybridized carbons (Fsp3) is 0.367. The molecule has 5 rings (SSSR count). The third kappa shape index (κ3) is 4.23. The second-order valence-corrected chi connectivity index (χ2v) is 9.01. The zero-order chi connectivity index (χ0) is 23.5. The Labute approximate surface area is 202 Å². The molecule has 2 heterocycles. The van der Waals surface area contributed by atoms with Gasteiger partial charge in [-0.3, -0.25) is 4.90 Å². The van der Waals surface area contributed by atoms with Gasteiger partial charge in [0.25, 0.3) is 0 Å². The topological polar surface area (TPSA) is 34.6 Å². The number of nitrogens with zero attached hydrogens (tertiary/aromatic N) is 2. The molecule has 1 aliphatic rings. The molecule has 34 heavy (non-hydrogen) atoms. The van der Waals surface area contributed by atoms with Crippen molar-refractivity contribution < 1.29 is 9.47 Å². The molecule has 0 saturated carbocycles. The van der Waals surface area contributed by atoms with Crippen molar-refractivity contribution in [2.75, 3.05) is 26.3 Å². The summed E-state index contributed by atoms with van der Waals surface area (Å²) in [5, 5.41) is 3.89. The SMILES string of the molecule is CCCCOc1ccc(-c2nc3ccc4ccccc4c3c3c2CN(CC)CC3)cc1OCC. The molecule has 0 aliphatic carbocycles. The van der Waals surface area contributed by atoms with Gasteiger partial charge in [0.2, 0.25) is 0 Å². The predicted molar refractivity (Wildman–Crippen MR) is 141 cm³/mol. The normalized spacial score (nSPS) is 13.9. The van der Waals surface area contributed by atoms with Gasteiger partial charge in [-0.1, -0.05) is 50.6 Å². The second-order valence-electron chi connectivity index (χ2n) is 9.01. The van der Waals surface area contributed by atoms with E-state index in [1.54, 1.807) is 0 Å². The number of aromatic nitrogens is 1. The van der Waals surface area contributed by atoms with Crippen LogP contribution in [0.3, 0.4) is 0 Å². The van der Waals surface area contributed by atoms with E-state index in [-0.39, 0.29) is 0 Å². The minimum atomic E-state index is 0.604. The number of benzene rings is 3. The van der Waals surface area contributed by atoms with Gasteiger partial charge >= 0.3 is 0 Å². The number of pyridine rings is 1. The van der Waals surface area contributed by atoms with Crippen LogP contribution in [0.15, 0.2) is 54.6 Å². The fourth-order valence-corrected chi connectivity index (χ4v) is 5.05. The second kappa shape index (κ2) is 10.0. The Kier molecular flexibility index (Phi) is 6.68. The van der Waals surface area contributed by atoms with Crippen molar-refractivity contribution in [1.29, 1.82) is 0 Å². The lowest BCUT2D eigenvalue weighted by Crippen LogP contribution is -2.31. The monoisotopic (exact) mass is 454 g/mol. The molecule has 0 atom stereocenters. The third-order valence-electron chi connectivity index (χ3n) is 6.87. The van der Waals surface area contributed by atoms with Crippen LogP contribution in [-0.2, 0) is 13.0 Å². The zero-order valence-electron chi connectivity index (χ0n) is 20.6. The Morgan fingerprint density at radius 1 is 0.912 bits per heavy atom. The minimum Gasteiger partial charge on any atom is -0.490 e. The van der Waals surface area contributed by atoms with Crippen LogP contribution in [0.2, 0.25) is 0 Å². The van der Waals surface area contributed by atoms with Crippen molar-refractivity contribution in [3.63, 3.8) is 0 Å². The van der Waals surface area contributed by atoms with Crippen LogP contribution < -0.4 is 9.47 Å². The van der Waals surface area contributed by atoms with Crippen molar-refractivity contribution >= 4 is 21.7 Å². The molecule has 0 amide bonds. The Morgan fingerprint density at radius 3 is 2.62 bits per heavy atom. The molecule has 4 heteroatoms. The summed E-state index contributed by atoms with van der Waals surface area (Å²) in [5.74, 6) is 1.61. The molecule has 0 bridgehead atoms. The Balaban J connectivity index is 1.69. The molecule has 4 aromatic rings. The summed E-state index contributed by atoms with van der Waals surface area (Å²) in [6.07, 6.45) is 3.19. The molecule has 0 fully saturated rings. The molecule has 0 saturated heterocycles. The maximum absolute atomic E-state index is 6.03. The number of likely N-dealkylation sites (N-methyl/N-ethyl adjacent to an activating group) is 1. The predicted octanol–water partition coefficient (Wildman–Crippen LogP) is 7.01. The van der Waals surface area contributed by atoms with Gasteiger partial charge in [-0.2, -0.15) is 0 Å². The van der Waals surface area contributed by atoms with E-state index in [1.807, 2.05) is 6.92 Å². The van der Waals surface area contributed by atoms with Crippen LogP contribution in [0.1, 0.15) is 44.7 Å². The van der Waals surface area contributed by atoms with Crippen LogP contribution in [0, 0.1) is 0 Å². The van der Waals surface area contributed by atoms with Gasteiger partial charge in [0.05, 0.1) is 24.4 Å². The molecule has 3 aromatic carbocycles. The number of ether oxygens (including phenoxy) is 2. The number of hydrogen-bond donors (Lipinski definition) is 0. The van der Waals surface area contributed by atoms with E-state index < -0.39 is 0 Å². The van der Waals surface area contributed by atoms with Gasteiger partial charge in [0.15, 0.2) is 11.5 Å². The quantitative estimate of drug-likeness (QED) is 0.212. The Morgan fingerprint density at radius 2 is 1.79 bits per heavy atom. The van der Waals surface area contributed by atoms with Gasteiger partial charge in [-0.25, -0.2) is 4.98 Å². The lowest BCUT2D eigenvalue weighted by atomic mass is 9.89. The molecule has 1 aromatic heterocycles. The number of fused-ring (bicyclic) bond motifs is 5. The van der Waals surface area contributed by atoms with Crippen molar-refractivity contribution in [3.8, 4) is 22.8 Å². The summed E-state index contributed by atoms with van der Waals surface area (Å²) in [6.45, 7) is 10.8. The van der Waals surface area contributed by atoms with Gasteiger partial charge in [-0.15, -0.1) is 0 Å². The third-order valence-corrected chi connectivity index (χ3v) is 6.87. The highest BCUT2D eigenvalue weighted by molar-refractivity contribution is 6.09. The standard InChI is InChI=1S/C30H34N2O2/c1-4-7-18-34-27-15-13-22(19-28(27)33-6-3)30-25-20-32(5-2)17-16-24(25)29-23-11-9-8-10-21(23)12-14-26(29)31-30/h8-15,19H,4-7,16-18,20H2,1-3H3. The van der Waals surface area contributed by atoms with Gasteiger partial charge in [0, 0.05) is 24.0 Å². The Bertz CT molecular complexity index is 1310. The van der Waals surface area contributed by atoms with E-state index >= 15 is 0 Å². The molecule has 4 nitrogen and oxygen atoms in total. The summed E-state index contributed by atoms with van der Waals surface area (Å²) >= 11 is 0. The summed E-state index contributed by atoms with van der Waals surface area (Å²) in [4.78, 5) is 7.77. The van der Waals surface area contributed by atoms with Crippen LogP contribution in [0.25, 0.3) is 32.9 Å². The summed E-state index contributed by atoms with van der Waals surface area (Å²) in [5.41, 5.74) is 6.02. The smallest absolute Gasteiger partial charge is 0.161 e. The minimum absolute atomic E-state index is 0.604. The number of unbranched alkanes of at least 4 members (excludes halogenated alkanes) is 1. The van der Waals surface area contributed by atoms with Crippen LogP contribution in [-0.4, -0.2) is 36.2 Å². The largest absolute Gasteiger partial charge is 0.490 e. The van der Waals surface area contributed by atoms with Crippen molar-refractivity contribution in [1.82, 2.24) is 9.88 Å². The van der Waals surface area contributed by atoms with E-state index in [1.165, 1.54) is 27.3 Å². The zero-order valence-corrected chi connectivity index (χ0v) is 20.6. The molecule has 0 radical (unpaired) electrons. The fourth-order valence-electron chi connectivity index (χ4n) is 5.05. The highest BCUT2D eigenvalue weighted by Gasteiger charge is 2.24. The summed E-state index contributed by atoms with van der Waals surface area (Å²) in [6, 6.07) is 19.4. The van der Waals surface area contributed by atoms with Crippen molar-refractivity contribution in [2.24, 2.45) is 0 Å². The van der Waals surface area contributed by atoms with Gasteiger partial charge < -0.3 is 9.47 Å². The van der Waals surface area contributed by atoms with Crippen LogP contribution in [0.5, 0.6) is 11.5 Å². The summed E-state index contributed by atoms with van der Waals surface area (Å²) in [7, 11) is 0. The van der Waals surface area contributed by atoms with E-state index in [2.05, 4.69) is 73.3 Å². The first kappa shape index (κ1) is 22.7. The average Bonchev–Trinajstić information content (AvgIpc) is 2.88. The lowest BCUT2D eigenvalue weighted by Gasteiger charge is -2.30. The van der Waals surface area contributed by atoms with Crippen LogP contribution >= 0.6 is 0 Å². The maximum atomic E-state index is 6.03. The number of rotatable bonds is 8. The molecular formula is C30H34N2O2. The van der Waals surface area contributed by atoms with E-state index in [0.29, 0.717) is 13.2 Å². The number of hydrogen-bond acceptors (Lipinski definition) is 4. The first-order chi connectivity index (χ1) is 16.7. The van der Waals surface area contributed by atoms with Crippen molar-refractivity contribution in [3.05, 3.63) is 65.7 Å². The highest BCUT2D eigenvalue weighted by Crippen LogP contribution is 2.39. The lowest BCUT2D eigenvalue weighted by molar-refractivity contribution is 0.269. The van der Waals surface area contributed by atoms with Crippen LogP contribution in [0.4, 0.5) is 0 Å². The van der Waals surface area contributed by atoms with Gasteiger partial charge in [0.1, 0.15) is 0 Å². The van der Waals surface area contributed by atoms with E-state index in [0.717, 1.165) is 67.2 Å². The van der Waals surface area contributed by atoms with Gasteiger partial charge in [-0.05, 0) is 72.5 Å². The summed E-state index contributed by atoms with van der Waals surface area (Å²) < 4.78 is 12.0. The maximum Gasteiger partial charge on any atom is 0.161 e. The first-order valence-electron chi connectivity index (χ1n) is 12.7. The molecule has 1 aliphatic heterocycles. The van der Waals surface area contributed by atoms with E-state index in [4.69, 9.17) is 14.5 Å². The molecule has 0 N–H and O–H groups in total.